The molecule has 0 aliphatic heterocycles. The predicted octanol–water partition coefficient (Wildman–Crippen LogP) is 3.28. The Morgan fingerprint density at radius 1 is 1.33 bits per heavy atom. The van der Waals surface area contributed by atoms with E-state index in [0.717, 1.165) is 18.2 Å². The Morgan fingerprint density at radius 2 is 2.00 bits per heavy atom. The van der Waals surface area contributed by atoms with Crippen LogP contribution >= 0.6 is 0 Å². The van der Waals surface area contributed by atoms with Gasteiger partial charge >= 0.3 is 0 Å². The zero-order valence-electron chi connectivity index (χ0n) is 10.9. The molecule has 0 saturated heterocycles. The van der Waals surface area contributed by atoms with Gasteiger partial charge in [0.15, 0.2) is 5.78 Å². The monoisotopic (exact) mass is 256 g/mol. The minimum absolute atomic E-state index is 0.0689. The lowest BCUT2D eigenvalue weighted by molar-refractivity contribution is -0.141. The van der Waals surface area contributed by atoms with E-state index in [2.05, 4.69) is 0 Å². The number of rotatable bonds is 6. The molecule has 1 rings (SSSR count). The fourth-order valence-electron chi connectivity index (χ4n) is 1.74. The minimum atomic E-state index is -0.937. The van der Waals surface area contributed by atoms with E-state index in [-0.39, 0.29) is 17.8 Å². The van der Waals surface area contributed by atoms with E-state index in [4.69, 9.17) is 4.74 Å². The Hall–Kier alpha value is -1.29. The van der Waals surface area contributed by atoms with Crippen molar-refractivity contribution in [3.63, 3.8) is 0 Å². The Bertz CT molecular complexity index is 432. The lowest BCUT2D eigenvalue weighted by atomic mass is 9.92. The van der Waals surface area contributed by atoms with E-state index in [9.17, 15) is 13.6 Å². The third-order valence-electron chi connectivity index (χ3n) is 3.09. The molecule has 0 spiro atoms. The first-order chi connectivity index (χ1) is 8.42. The van der Waals surface area contributed by atoms with Crippen LogP contribution in [0, 0.1) is 11.6 Å². The van der Waals surface area contributed by atoms with Gasteiger partial charge in [-0.25, -0.2) is 8.78 Å². The maximum atomic E-state index is 13.4. The van der Waals surface area contributed by atoms with Gasteiger partial charge < -0.3 is 4.74 Å². The van der Waals surface area contributed by atoms with Gasteiger partial charge in [-0.05, 0) is 44.0 Å². The SMILES string of the molecule is CCOC(C)(CC)C(=O)Cc1cc(F)ccc1F. The largest absolute Gasteiger partial charge is 0.368 e. The second kappa shape index (κ2) is 6.05. The van der Waals surface area contributed by atoms with Crippen molar-refractivity contribution in [2.24, 2.45) is 0 Å². The molecule has 0 heterocycles. The van der Waals surface area contributed by atoms with E-state index in [0.29, 0.717) is 13.0 Å². The number of ether oxygens (including phenoxy) is 1. The second-order valence-corrected chi connectivity index (χ2v) is 4.35. The van der Waals surface area contributed by atoms with Crippen LogP contribution in [0.15, 0.2) is 18.2 Å². The van der Waals surface area contributed by atoms with Crippen LogP contribution in [0.25, 0.3) is 0 Å². The lowest BCUT2D eigenvalue weighted by Gasteiger charge is -2.26. The number of halogens is 2. The topological polar surface area (TPSA) is 26.3 Å². The van der Waals surface area contributed by atoms with Gasteiger partial charge in [0.2, 0.25) is 0 Å². The fourth-order valence-corrected chi connectivity index (χ4v) is 1.74. The highest BCUT2D eigenvalue weighted by molar-refractivity contribution is 5.88. The molecule has 1 unspecified atom stereocenters. The van der Waals surface area contributed by atoms with E-state index in [1.54, 1.807) is 13.8 Å². The number of ketones is 1. The summed E-state index contributed by atoms with van der Waals surface area (Å²) in [6, 6.07) is 3.11. The van der Waals surface area contributed by atoms with Crippen LogP contribution in [0.2, 0.25) is 0 Å². The zero-order chi connectivity index (χ0) is 13.8. The molecule has 0 radical (unpaired) electrons. The number of carbonyl (C=O) groups is 1. The van der Waals surface area contributed by atoms with Crippen LogP contribution in [0.3, 0.4) is 0 Å². The van der Waals surface area contributed by atoms with Crippen molar-refractivity contribution in [2.45, 2.75) is 39.2 Å². The van der Waals surface area contributed by atoms with Gasteiger partial charge in [-0.15, -0.1) is 0 Å². The summed E-state index contributed by atoms with van der Waals surface area (Å²) in [5, 5.41) is 0. The Kier molecular flexibility index (Phi) is 4.96. The molecule has 100 valence electrons. The van der Waals surface area contributed by atoms with Crippen molar-refractivity contribution in [1.82, 2.24) is 0 Å². The Morgan fingerprint density at radius 3 is 2.56 bits per heavy atom. The van der Waals surface area contributed by atoms with E-state index in [1.165, 1.54) is 0 Å². The second-order valence-electron chi connectivity index (χ2n) is 4.35. The van der Waals surface area contributed by atoms with Crippen LogP contribution in [0.4, 0.5) is 8.78 Å². The van der Waals surface area contributed by atoms with Crippen molar-refractivity contribution < 1.29 is 18.3 Å². The maximum Gasteiger partial charge on any atom is 0.168 e. The highest BCUT2D eigenvalue weighted by atomic mass is 19.1. The quantitative estimate of drug-likeness (QED) is 0.780. The number of benzene rings is 1. The number of Topliss-reactive ketones (excluding diaryl/α,β-unsaturated/α-hetero) is 1. The van der Waals surface area contributed by atoms with Crippen molar-refractivity contribution >= 4 is 5.78 Å². The number of hydrogen-bond acceptors (Lipinski definition) is 2. The molecule has 0 aliphatic rings. The standard InChI is InChI=1S/C14H18F2O2/c1-4-14(3,18-5-2)13(17)9-10-8-11(15)6-7-12(10)16/h6-8H,4-5,9H2,1-3H3. The molecule has 0 aliphatic carbocycles. The smallest absolute Gasteiger partial charge is 0.168 e. The van der Waals surface area contributed by atoms with Crippen molar-refractivity contribution in [2.75, 3.05) is 6.61 Å². The van der Waals surface area contributed by atoms with Crippen LogP contribution in [0.5, 0.6) is 0 Å². The Labute approximate surface area is 106 Å². The van der Waals surface area contributed by atoms with Gasteiger partial charge in [-0.2, -0.15) is 0 Å². The van der Waals surface area contributed by atoms with Crippen molar-refractivity contribution in [3.05, 3.63) is 35.4 Å². The van der Waals surface area contributed by atoms with E-state index < -0.39 is 17.2 Å². The first-order valence-corrected chi connectivity index (χ1v) is 6.04. The Balaban J connectivity index is 2.89. The molecule has 1 atom stereocenters. The van der Waals surface area contributed by atoms with Crippen molar-refractivity contribution in [3.8, 4) is 0 Å². The molecule has 1 aromatic rings. The van der Waals surface area contributed by atoms with Gasteiger partial charge in [-0.1, -0.05) is 6.92 Å². The van der Waals surface area contributed by atoms with E-state index >= 15 is 0 Å². The fraction of sp³-hybridized carbons (Fsp3) is 0.500. The van der Waals surface area contributed by atoms with Crippen LogP contribution in [-0.4, -0.2) is 18.0 Å². The molecule has 0 bridgehead atoms. The zero-order valence-corrected chi connectivity index (χ0v) is 10.9. The maximum absolute atomic E-state index is 13.4. The summed E-state index contributed by atoms with van der Waals surface area (Å²) in [6.45, 7) is 5.71. The van der Waals surface area contributed by atoms with Crippen LogP contribution < -0.4 is 0 Å². The summed E-state index contributed by atoms with van der Waals surface area (Å²) >= 11 is 0. The average molecular weight is 256 g/mol. The van der Waals surface area contributed by atoms with E-state index in [1.807, 2.05) is 6.92 Å². The summed E-state index contributed by atoms with van der Waals surface area (Å²) in [4.78, 5) is 12.1. The normalized spacial score (nSPS) is 14.3. The highest BCUT2D eigenvalue weighted by Gasteiger charge is 2.31. The number of carbonyl (C=O) groups excluding carboxylic acids is 1. The van der Waals surface area contributed by atoms with Gasteiger partial charge in [0.1, 0.15) is 17.2 Å². The summed E-state index contributed by atoms with van der Waals surface area (Å²) in [6.07, 6.45) is 0.338. The molecular formula is C14H18F2O2. The molecule has 1 aromatic carbocycles. The summed E-state index contributed by atoms with van der Waals surface area (Å²) in [5.41, 5.74) is -0.868. The lowest BCUT2D eigenvalue weighted by Crippen LogP contribution is -2.39. The molecule has 18 heavy (non-hydrogen) atoms. The third-order valence-corrected chi connectivity index (χ3v) is 3.09. The first-order valence-electron chi connectivity index (χ1n) is 6.04. The molecule has 0 fully saturated rings. The molecule has 0 saturated carbocycles. The van der Waals surface area contributed by atoms with Crippen LogP contribution in [0.1, 0.15) is 32.8 Å². The summed E-state index contributed by atoms with van der Waals surface area (Å²) in [7, 11) is 0. The number of hydrogen-bond donors (Lipinski definition) is 0. The van der Waals surface area contributed by atoms with Gasteiger partial charge in [0.05, 0.1) is 0 Å². The molecule has 0 N–H and O–H groups in total. The minimum Gasteiger partial charge on any atom is -0.368 e. The molecule has 0 aromatic heterocycles. The molecule has 4 heteroatoms. The van der Waals surface area contributed by atoms with Crippen molar-refractivity contribution in [1.29, 1.82) is 0 Å². The molecule has 2 nitrogen and oxygen atoms in total. The van der Waals surface area contributed by atoms with Crippen LogP contribution in [-0.2, 0) is 16.0 Å². The molecule has 0 amide bonds. The highest BCUT2D eigenvalue weighted by Crippen LogP contribution is 2.20. The third kappa shape index (κ3) is 3.35. The summed E-state index contributed by atoms with van der Waals surface area (Å²) < 4.78 is 31.9. The molecular weight excluding hydrogens is 238 g/mol. The van der Waals surface area contributed by atoms with Gasteiger partial charge in [0, 0.05) is 13.0 Å². The first kappa shape index (κ1) is 14.8. The average Bonchev–Trinajstić information content (AvgIpc) is 2.34. The summed E-state index contributed by atoms with van der Waals surface area (Å²) in [5.74, 6) is -1.36. The van der Waals surface area contributed by atoms with Gasteiger partial charge in [0.25, 0.3) is 0 Å². The predicted molar refractivity (Wildman–Crippen MR) is 65.4 cm³/mol. The van der Waals surface area contributed by atoms with Gasteiger partial charge in [-0.3, -0.25) is 4.79 Å².